The van der Waals surface area contributed by atoms with Crippen molar-refractivity contribution in [3.8, 4) is 11.5 Å². The van der Waals surface area contributed by atoms with E-state index in [9.17, 15) is 4.79 Å². The minimum atomic E-state index is 0.00722. The molecule has 1 unspecified atom stereocenters. The molecule has 1 fully saturated rings. The highest BCUT2D eigenvalue weighted by molar-refractivity contribution is 5.94. The average molecular weight is 321 g/mol. The Kier molecular flexibility index (Phi) is 3.74. The predicted molar refractivity (Wildman–Crippen MR) is 93.5 cm³/mol. The minimum absolute atomic E-state index is 0.00722. The first-order chi connectivity index (χ1) is 11.7. The monoisotopic (exact) mass is 321 g/mol. The van der Waals surface area contributed by atoms with Gasteiger partial charge in [0.05, 0.1) is 11.0 Å². The smallest absolute Gasteiger partial charge is 0.227 e. The SMILES string of the molecule is CC(C(=O)Nc1ccc2nc(-c3ccccn3)[nH]c2c1)C1CNC1. The summed E-state index contributed by atoms with van der Waals surface area (Å²) >= 11 is 0. The zero-order chi connectivity index (χ0) is 16.5. The number of hydrogen-bond acceptors (Lipinski definition) is 4. The van der Waals surface area contributed by atoms with E-state index in [4.69, 9.17) is 0 Å². The van der Waals surface area contributed by atoms with Crippen molar-refractivity contribution in [2.45, 2.75) is 6.92 Å². The van der Waals surface area contributed by atoms with Crippen molar-refractivity contribution >= 4 is 22.6 Å². The van der Waals surface area contributed by atoms with Crippen LogP contribution in [0.3, 0.4) is 0 Å². The number of anilines is 1. The van der Waals surface area contributed by atoms with E-state index < -0.39 is 0 Å². The molecule has 1 aliphatic rings. The van der Waals surface area contributed by atoms with Crippen LogP contribution in [0.4, 0.5) is 5.69 Å². The first-order valence-corrected chi connectivity index (χ1v) is 8.13. The molecule has 0 aliphatic carbocycles. The number of H-pyrrole nitrogens is 1. The van der Waals surface area contributed by atoms with Gasteiger partial charge in [-0.25, -0.2) is 4.98 Å². The second kappa shape index (κ2) is 6.05. The van der Waals surface area contributed by atoms with Crippen LogP contribution in [0.1, 0.15) is 6.92 Å². The topological polar surface area (TPSA) is 82.7 Å². The minimum Gasteiger partial charge on any atom is -0.337 e. The molecule has 2 aromatic heterocycles. The third-order valence-electron chi connectivity index (χ3n) is 4.59. The van der Waals surface area contributed by atoms with Crippen LogP contribution in [-0.4, -0.2) is 33.9 Å². The molecule has 1 aliphatic heterocycles. The molecule has 0 radical (unpaired) electrons. The lowest BCUT2D eigenvalue weighted by molar-refractivity contribution is -0.121. The average Bonchev–Trinajstić information content (AvgIpc) is 2.97. The molecular weight excluding hydrogens is 302 g/mol. The number of nitrogens with one attached hydrogen (secondary N) is 3. The van der Waals surface area contributed by atoms with Gasteiger partial charge >= 0.3 is 0 Å². The molecule has 6 heteroatoms. The molecule has 3 N–H and O–H groups in total. The van der Waals surface area contributed by atoms with Gasteiger partial charge in [-0.2, -0.15) is 0 Å². The van der Waals surface area contributed by atoms with E-state index >= 15 is 0 Å². The molecule has 122 valence electrons. The Morgan fingerprint density at radius 1 is 1.29 bits per heavy atom. The maximum atomic E-state index is 12.3. The Balaban J connectivity index is 1.56. The first-order valence-electron chi connectivity index (χ1n) is 8.13. The number of hydrogen-bond donors (Lipinski definition) is 3. The summed E-state index contributed by atoms with van der Waals surface area (Å²) in [6, 6.07) is 11.4. The number of aromatic amines is 1. The van der Waals surface area contributed by atoms with Gasteiger partial charge in [0, 0.05) is 17.8 Å². The Morgan fingerprint density at radius 2 is 2.17 bits per heavy atom. The summed E-state index contributed by atoms with van der Waals surface area (Å²) in [6.45, 7) is 3.82. The van der Waals surface area contributed by atoms with E-state index in [0.29, 0.717) is 5.92 Å². The number of amides is 1. The third-order valence-corrected chi connectivity index (χ3v) is 4.59. The lowest BCUT2D eigenvalue weighted by Crippen LogP contribution is -2.48. The molecule has 0 bridgehead atoms. The number of fused-ring (bicyclic) bond motifs is 1. The van der Waals surface area contributed by atoms with Crippen LogP contribution in [0, 0.1) is 11.8 Å². The highest BCUT2D eigenvalue weighted by Gasteiger charge is 2.28. The molecule has 24 heavy (non-hydrogen) atoms. The van der Waals surface area contributed by atoms with Crippen LogP contribution in [0.2, 0.25) is 0 Å². The molecule has 1 amide bonds. The first kappa shape index (κ1) is 14.8. The number of carbonyl (C=O) groups excluding carboxylic acids is 1. The van der Waals surface area contributed by atoms with E-state index in [-0.39, 0.29) is 11.8 Å². The van der Waals surface area contributed by atoms with Crippen molar-refractivity contribution in [1.82, 2.24) is 20.3 Å². The van der Waals surface area contributed by atoms with E-state index in [1.807, 2.05) is 43.3 Å². The number of nitrogens with zero attached hydrogens (tertiary/aromatic N) is 2. The fourth-order valence-electron chi connectivity index (χ4n) is 2.85. The van der Waals surface area contributed by atoms with Gasteiger partial charge in [0.15, 0.2) is 5.82 Å². The number of aromatic nitrogens is 3. The zero-order valence-electron chi connectivity index (χ0n) is 13.4. The number of rotatable bonds is 4. The van der Waals surface area contributed by atoms with Crippen LogP contribution in [-0.2, 0) is 4.79 Å². The zero-order valence-corrected chi connectivity index (χ0v) is 13.4. The molecule has 3 heterocycles. The largest absolute Gasteiger partial charge is 0.337 e. The number of pyridine rings is 1. The van der Waals surface area contributed by atoms with Gasteiger partial charge in [0.25, 0.3) is 0 Å². The Bertz CT molecular complexity index is 870. The second-order valence-corrected chi connectivity index (χ2v) is 6.23. The van der Waals surface area contributed by atoms with Gasteiger partial charge in [-0.3, -0.25) is 9.78 Å². The van der Waals surface area contributed by atoms with Crippen molar-refractivity contribution in [3.63, 3.8) is 0 Å². The van der Waals surface area contributed by atoms with Gasteiger partial charge < -0.3 is 15.6 Å². The van der Waals surface area contributed by atoms with Crippen molar-refractivity contribution in [2.75, 3.05) is 18.4 Å². The van der Waals surface area contributed by atoms with Crippen LogP contribution in [0.5, 0.6) is 0 Å². The molecule has 0 spiro atoms. The van der Waals surface area contributed by atoms with E-state index in [0.717, 1.165) is 41.3 Å². The molecule has 6 nitrogen and oxygen atoms in total. The molecule has 1 atom stereocenters. The highest BCUT2D eigenvalue weighted by Crippen LogP contribution is 2.23. The standard InChI is InChI=1S/C18H19N5O/c1-11(12-9-19-10-12)18(24)21-13-5-6-14-16(8-13)23-17(22-14)15-4-2-3-7-20-15/h2-8,11-12,19H,9-10H2,1H3,(H,21,24)(H,22,23). The lowest BCUT2D eigenvalue weighted by Gasteiger charge is -2.31. The summed E-state index contributed by atoms with van der Waals surface area (Å²) in [7, 11) is 0. The van der Waals surface area contributed by atoms with Crippen molar-refractivity contribution < 1.29 is 4.79 Å². The summed E-state index contributed by atoms with van der Waals surface area (Å²) in [6.07, 6.45) is 1.74. The van der Waals surface area contributed by atoms with Crippen LogP contribution < -0.4 is 10.6 Å². The molecule has 0 saturated carbocycles. The van der Waals surface area contributed by atoms with E-state index in [2.05, 4.69) is 25.6 Å². The lowest BCUT2D eigenvalue weighted by atomic mass is 9.88. The fourth-order valence-corrected chi connectivity index (χ4v) is 2.85. The normalized spacial score (nSPS) is 15.9. The van der Waals surface area contributed by atoms with Crippen LogP contribution >= 0.6 is 0 Å². The summed E-state index contributed by atoms with van der Waals surface area (Å²) in [5.41, 5.74) is 3.31. The molecule has 1 saturated heterocycles. The van der Waals surface area contributed by atoms with Crippen molar-refractivity contribution in [1.29, 1.82) is 0 Å². The van der Waals surface area contributed by atoms with Crippen LogP contribution in [0.25, 0.3) is 22.6 Å². The maximum absolute atomic E-state index is 12.3. The van der Waals surface area contributed by atoms with Gasteiger partial charge in [-0.15, -0.1) is 0 Å². The second-order valence-electron chi connectivity index (χ2n) is 6.23. The Hall–Kier alpha value is -2.73. The highest BCUT2D eigenvalue weighted by atomic mass is 16.1. The van der Waals surface area contributed by atoms with Gasteiger partial charge in [-0.1, -0.05) is 13.0 Å². The van der Waals surface area contributed by atoms with Gasteiger partial charge in [-0.05, 0) is 49.3 Å². The third kappa shape index (κ3) is 2.76. The van der Waals surface area contributed by atoms with Gasteiger partial charge in [0.2, 0.25) is 5.91 Å². The number of imidazole rings is 1. The summed E-state index contributed by atoms with van der Waals surface area (Å²) in [4.78, 5) is 24.5. The molecule has 3 aromatic rings. The number of carbonyl (C=O) groups is 1. The van der Waals surface area contributed by atoms with Crippen molar-refractivity contribution in [3.05, 3.63) is 42.6 Å². The Morgan fingerprint density at radius 3 is 2.88 bits per heavy atom. The summed E-state index contributed by atoms with van der Waals surface area (Å²) < 4.78 is 0. The molecule has 1 aromatic carbocycles. The quantitative estimate of drug-likeness (QED) is 0.689. The Labute approximate surface area is 139 Å². The van der Waals surface area contributed by atoms with E-state index in [1.54, 1.807) is 6.20 Å². The number of benzene rings is 1. The fraction of sp³-hybridized carbons (Fsp3) is 0.278. The van der Waals surface area contributed by atoms with Crippen LogP contribution in [0.15, 0.2) is 42.6 Å². The summed E-state index contributed by atoms with van der Waals surface area (Å²) in [5, 5.41) is 6.21. The predicted octanol–water partition coefficient (Wildman–Crippen LogP) is 2.42. The maximum Gasteiger partial charge on any atom is 0.227 e. The van der Waals surface area contributed by atoms with Gasteiger partial charge in [0.1, 0.15) is 5.69 Å². The van der Waals surface area contributed by atoms with Crippen molar-refractivity contribution in [2.24, 2.45) is 11.8 Å². The molecule has 4 rings (SSSR count). The summed E-state index contributed by atoms with van der Waals surface area (Å²) in [5.74, 6) is 1.22. The molecular formula is C18H19N5O. The van der Waals surface area contributed by atoms with E-state index in [1.165, 1.54) is 0 Å².